The first-order chi connectivity index (χ1) is 6.27. The fourth-order valence-corrected chi connectivity index (χ4v) is 1.04. The molecule has 0 fully saturated rings. The van der Waals surface area contributed by atoms with Gasteiger partial charge in [-0.15, -0.1) is 0 Å². The maximum atomic E-state index is 5.58. The van der Waals surface area contributed by atoms with Crippen molar-refractivity contribution in [2.75, 3.05) is 0 Å². The largest absolute Gasteiger partial charge is 0.280 e. The zero-order chi connectivity index (χ0) is 9.84. The van der Waals surface area contributed by atoms with Gasteiger partial charge in [-0.1, -0.05) is 13.8 Å². The summed E-state index contributed by atoms with van der Waals surface area (Å²) >= 11 is 5.58. The summed E-state index contributed by atoms with van der Waals surface area (Å²) in [7, 11) is 0. The maximum Gasteiger partial charge on any atom is 0.223 e. The highest BCUT2D eigenvalue weighted by Crippen LogP contribution is 2.12. The van der Waals surface area contributed by atoms with Crippen molar-refractivity contribution in [3.63, 3.8) is 0 Å². The quantitative estimate of drug-likeness (QED) is 0.661. The standard InChI is InChI=1S/C6H5ClN4.C2H6/c1-3-5-4(11-10-3)2-8-6(7)9-5;1-2/h2H,1H3,(H,10,11);1-2H3. The molecule has 13 heavy (non-hydrogen) atoms. The van der Waals surface area contributed by atoms with Crippen LogP contribution in [0.2, 0.25) is 5.28 Å². The summed E-state index contributed by atoms with van der Waals surface area (Å²) in [6, 6.07) is 0. The van der Waals surface area contributed by atoms with Crippen LogP contribution in [0.4, 0.5) is 0 Å². The monoisotopic (exact) mass is 198 g/mol. The molecule has 0 aliphatic carbocycles. The molecule has 0 aliphatic rings. The van der Waals surface area contributed by atoms with E-state index in [2.05, 4.69) is 20.2 Å². The Morgan fingerprint density at radius 3 is 2.77 bits per heavy atom. The molecule has 1 N–H and O–H groups in total. The zero-order valence-corrected chi connectivity index (χ0v) is 8.55. The Labute approximate surface area is 81.4 Å². The number of aromatic nitrogens is 4. The average Bonchev–Trinajstić information content (AvgIpc) is 2.52. The summed E-state index contributed by atoms with van der Waals surface area (Å²) < 4.78 is 0. The van der Waals surface area contributed by atoms with Gasteiger partial charge >= 0.3 is 0 Å². The minimum Gasteiger partial charge on any atom is -0.280 e. The van der Waals surface area contributed by atoms with Crippen LogP contribution in [0.25, 0.3) is 11.0 Å². The van der Waals surface area contributed by atoms with Gasteiger partial charge in [-0.3, -0.25) is 5.10 Å². The second-order valence-electron chi connectivity index (χ2n) is 2.22. The highest BCUT2D eigenvalue weighted by atomic mass is 35.5. The molecule has 0 aliphatic heterocycles. The molecule has 2 heterocycles. The first-order valence-electron chi connectivity index (χ1n) is 4.10. The Hall–Kier alpha value is -1.16. The van der Waals surface area contributed by atoms with Crippen LogP contribution >= 0.6 is 11.6 Å². The molecule has 0 saturated carbocycles. The van der Waals surface area contributed by atoms with Gasteiger partial charge in [0.2, 0.25) is 5.28 Å². The molecule has 70 valence electrons. The lowest BCUT2D eigenvalue weighted by atomic mass is 10.4. The van der Waals surface area contributed by atoms with E-state index in [-0.39, 0.29) is 5.28 Å². The minimum absolute atomic E-state index is 0.252. The van der Waals surface area contributed by atoms with Crippen LogP contribution < -0.4 is 0 Å². The van der Waals surface area contributed by atoms with Crippen LogP contribution in [0.1, 0.15) is 19.5 Å². The molecule has 5 heteroatoms. The Balaban J connectivity index is 0.000000396. The van der Waals surface area contributed by atoms with Crippen molar-refractivity contribution >= 4 is 22.6 Å². The first kappa shape index (κ1) is 9.92. The highest BCUT2D eigenvalue weighted by Gasteiger charge is 2.02. The SMILES string of the molecule is CC.Cc1[nH]nc2cnc(Cl)nc12. The van der Waals surface area contributed by atoms with E-state index in [4.69, 9.17) is 11.6 Å². The molecule has 0 atom stereocenters. The molecule has 4 nitrogen and oxygen atoms in total. The average molecular weight is 199 g/mol. The Bertz CT molecular complexity index is 396. The van der Waals surface area contributed by atoms with Gasteiger partial charge in [-0.05, 0) is 18.5 Å². The fraction of sp³-hybridized carbons (Fsp3) is 0.375. The number of nitrogens with zero attached hydrogens (tertiary/aromatic N) is 3. The predicted octanol–water partition coefficient (Wildman–Crippen LogP) is 2.34. The number of hydrogen-bond acceptors (Lipinski definition) is 3. The summed E-state index contributed by atoms with van der Waals surface area (Å²) in [5.74, 6) is 0. The van der Waals surface area contributed by atoms with Gasteiger partial charge in [0.25, 0.3) is 0 Å². The van der Waals surface area contributed by atoms with Gasteiger partial charge in [0.05, 0.1) is 11.9 Å². The summed E-state index contributed by atoms with van der Waals surface area (Å²) in [4.78, 5) is 7.79. The number of halogens is 1. The van der Waals surface area contributed by atoms with Crippen LogP contribution in [0.5, 0.6) is 0 Å². The van der Waals surface area contributed by atoms with E-state index in [1.165, 1.54) is 0 Å². The predicted molar refractivity (Wildman–Crippen MR) is 52.8 cm³/mol. The molecular formula is C8H11ClN4. The van der Waals surface area contributed by atoms with Crippen LogP contribution in [0, 0.1) is 6.92 Å². The molecule has 0 amide bonds. The lowest BCUT2D eigenvalue weighted by Gasteiger charge is -1.87. The van der Waals surface area contributed by atoms with E-state index in [9.17, 15) is 0 Å². The van der Waals surface area contributed by atoms with Crippen LogP contribution in [0.15, 0.2) is 6.20 Å². The van der Waals surface area contributed by atoms with E-state index < -0.39 is 0 Å². The van der Waals surface area contributed by atoms with E-state index in [0.29, 0.717) is 0 Å². The molecule has 0 spiro atoms. The number of nitrogens with one attached hydrogen (secondary N) is 1. The summed E-state index contributed by atoms with van der Waals surface area (Å²) in [6.45, 7) is 5.89. The highest BCUT2D eigenvalue weighted by molar-refractivity contribution is 6.28. The second kappa shape index (κ2) is 4.18. The van der Waals surface area contributed by atoms with Crippen molar-refractivity contribution in [1.29, 1.82) is 0 Å². The normalized spacial score (nSPS) is 9.54. The van der Waals surface area contributed by atoms with E-state index in [0.717, 1.165) is 16.7 Å². The van der Waals surface area contributed by atoms with E-state index in [1.54, 1.807) is 6.20 Å². The summed E-state index contributed by atoms with van der Waals surface area (Å²) in [6.07, 6.45) is 1.59. The lowest BCUT2D eigenvalue weighted by Crippen LogP contribution is -1.81. The molecule has 0 radical (unpaired) electrons. The van der Waals surface area contributed by atoms with Gasteiger partial charge in [-0.2, -0.15) is 5.10 Å². The van der Waals surface area contributed by atoms with E-state index >= 15 is 0 Å². The second-order valence-corrected chi connectivity index (χ2v) is 2.56. The Morgan fingerprint density at radius 1 is 1.38 bits per heavy atom. The third-order valence-corrected chi connectivity index (χ3v) is 1.62. The number of rotatable bonds is 0. The molecule has 0 unspecified atom stereocenters. The minimum atomic E-state index is 0.252. The zero-order valence-electron chi connectivity index (χ0n) is 7.80. The van der Waals surface area contributed by atoms with Gasteiger partial charge < -0.3 is 0 Å². The van der Waals surface area contributed by atoms with Gasteiger partial charge in [0, 0.05) is 0 Å². The smallest absolute Gasteiger partial charge is 0.223 e. The van der Waals surface area contributed by atoms with Crippen molar-refractivity contribution < 1.29 is 0 Å². The van der Waals surface area contributed by atoms with Crippen molar-refractivity contribution in [1.82, 2.24) is 20.2 Å². The van der Waals surface area contributed by atoms with Crippen LogP contribution in [-0.4, -0.2) is 20.2 Å². The number of H-pyrrole nitrogens is 1. The Morgan fingerprint density at radius 2 is 2.08 bits per heavy atom. The Kier molecular flexibility index (Phi) is 3.19. The molecule has 0 bridgehead atoms. The van der Waals surface area contributed by atoms with Gasteiger partial charge in [0.15, 0.2) is 0 Å². The molecule has 0 aromatic carbocycles. The number of hydrogen-bond donors (Lipinski definition) is 1. The summed E-state index contributed by atoms with van der Waals surface area (Å²) in [5, 5.41) is 7.00. The maximum absolute atomic E-state index is 5.58. The van der Waals surface area contributed by atoms with Gasteiger partial charge in [0.1, 0.15) is 11.0 Å². The first-order valence-corrected chi connectivity index (χ1v) is 4.48. The summed E-state index contributed by atoms with van der Waals surface area (Å²) in [5.41, 5.74) is 2.43. The molecule has 0 saturated heterocycles. The van der Waals surface area contributed by atoms with Crippen LogP contribution in [0.3, 0.4) is 0 Å². The third kappa shape index (κ3) is 1.95. The van der Waals surface area contributed by atoms with Gasteiger partial charge in [-0.25, -0.2) is 9.97 Å². The third-order valence-electron chi connectivity index (χ3n) is 1.44. The number of aromatic amines is 1. The number of aryl methyl sites for hydroxylation is 1. The molecule has 2 rings (SSSR count). The fourth-order valence-electron chi connectivity index (χ4n) is 0.909. The topological polar surface area (TPSA) is 54.5 Å². The van der Waals surface area contributed by atoms with Crippen molar-refractivity contribution in [3.05, 3.63) is 17.2 Å². The van der Waals surface area contributed by atoms with Crippen molar-refractivity contribution in [2.24, 2.45) is 0 Å². The molecule has 2 aromatic heterocycles. The molecule has 2 aromatic rings. The van der Waals surface area contributed by atoms with Crippen molar-refractivity contribution in [3.8, 4) is 0 Å². The van der Waals surface area contributed by atoms with E-state index in [1.807, 2.05) is 20.8 Å². The van der Waals surface area contributed by atoms with Crippen molar-refractivity contribution in [2.45, 2.75) is 20.8 Å². The number of fused-ring (bicyclic) bond motifs is 1. The molecular weight excluding hydrogens is 188 g/mol. The van der Waals surface area contributed by atoms with Crippen LogP contribution in [-0.2, 0) is 0 Å². The lowest BCUT2D eigenvalue weighted by molar-refractivity contribution is 1.07.